The predicted molar refractivity (Wildman–Crippen MR) is 119 cm³/mol. The average Bonchev–Trinajstić information content (AvgIpc) is 3.29. The highest BCUT2D eigenvalue weighted by molar-refractivity contribution is 6.30. The maximum Gasteiger partial charge on any atom is 0.191 e. The number of halogens is 1. The monoisotopic (exact) mass is 434 g/mol. The zero-order chi connectivity index (χ0) is 21.4. The largest absolute Gasteiger partial charge is 0.466 e. The van der Waals surface area contributed by atoms with Crippen molar-refractivity contribution in [1.29, 1.82) is 0 Å². The van der Waals surface area contributed by atoms with Crippen LogP contribution in [-0.2, 0) is 10.3 Å². The van der Waals surface area contributed by atoms with E-state index in [-0.39, 0.29) is 12.6 Å². The zero-order valence-electron chi connectivity index (χ0n) is 17.6. The summed E-state index contributed by atoms with van der Waals surface area (Å²) in [5, 5.41) is 18.1. The number of hydrogen-bond donors (Lipinski definition) is 3. The first-order valence-electron chi connectivity index (χ1n) is 10.4. The quantitative estimate of drug-likeness (QED) is 0.438. The Bertz CT molecular complexity index is 804. The van der Waals surface area contributed by atoms with Gasteiger partial charge in [-0.2, -0.15) is 0 Å². The molecule has 0 aliphatic carbocycles. The fourth-order valence-electron chi connectivity index (χ4n) is 3.49. The first kappa shape index (κ1) is 22.6. The summed E-state index contributed by atoms with van der Waals surface area (Å²) >= 11 is 6.25. The molecule has 0 bridgehead atoms. The van der Waals surface area contributed by atoms with E-state index in [0.29, 0.717) is 24.8 Å². The Morgan fingerprint density at radius 1 is 1.27 bits per heavy atom. The van der Waals surface area contributed by atoms with Crippen molar-refractivity contribution in [2.24, 2.45) is 4.99 Å². The Morgan fingerprint density at radius 3 is 2.73 bits per heavy atom. The summed E-state index contributed by atoms with van der Waals surface area (Å²) in [5.41, 5.74) is -0.0297. The summed E-state index contributed by atoms with van der Waals surface area (Å²) in [6.07, 6.45) is 1.55. The molecule has 0 amide bonds. The van der Waals surface area contributed by atoms with E-state index in [2.05, 4.69) is 26.6 Å². The molecule has 1 saturated heterocycles. The van der Waals surface area contributed by atoms with Crippen LogP contribution in [0.4, 0.5) is 0 Å². The van der Waals surface area contributed by atoms with Crippen molar-refractivity contribution in [2.75, 3.05) is 45.9 Å². The fraction of sp³-hybridized carbons (Fsp3) is 0.500. The van der Waals surface area contributed by atoms with Crippen molar-refractivity contribution in [1.82, 2.24) is 15.5 Å². The topological polar surface area (TPSA) is 82.3 Å². The molecule has 0 saturated carbocycles. The van der Waals surface area contributed by atoms with Crippen LogP contribution in [0.2, 0.25) is 5.02 Å². The highest BCUT2D eigenvalue weighted by Crippen LogP contribution is 2.24. The number of aliphatic hydroxyl groups is 1. The normalized spacial score (nSPS) is 18.6. The molecule has 164 valence electrons. The van der Waals surface area contributed by atoms with Gasteiger partial charge < -0.3 is 24.9 Å². The Balaban J connectivity index is 1.72. The van der Waals surface area contributed by atoms with E-state index in [1.54, 1.807) is 25.3 Å². The second-order valence-corrected chi connectivity index (χ2v) is 7.98. The van der Waals surface area contributed by atoms with Crippen molar-refractivity contribution < 1.29 is 14.3 Å². The lowest BCUT2D eigenvalue weighted by Crippen LogP contribution is -2.46. The van der Waals surface area contributed by atoms with Gasteiger partial charge in [0.2, 0.25) is 0 Å². The molecule has 3 N–H and O–H groups in total. The molecule has 3 rings (SSSR count). The van der Waals surface area contributed by atoms with Gasteiger partial charge in [-0.15, -0.1) is 0 Å². The zero-order valence-corrected chi connectivity index (χ0v) is 18.4. The van der Waals surface area contributed by atoms with Gasteiger partial charge in [0, 0.05) is 31.2 Å². The third-order valence-corrected chi connectivity index (χ3v) is 5.36. The summed E-state index contributed by atoms with van der Waals surface area (Å²) in [6.45, 7) is 8.41. The van der Waals surface area contributed by atoms with E-state index in [0.717, 1.165) is 36.9 Å². The van der Waals surface area contributed by atoms with E-state index >= 15 is 0 Å². The maximum atomic E-state index is 10.7. The van der Waals surface area contributed by atoms with Gasteiger partial charge in [-0.1, -0.05) is 23.7 Å². The molecule has 1 aliphatic rings. The highest BCUT2D eigenvalue weighted by atomic mass is 35.5. The highest BCUT2D eigenvalue weighted by Gasteiger charge is 2.27. The van der Waals surface area contributed by atoms with Gasteiger partial charge in [0.1, 0.15) is 11.4 Å². The van der Waals surface area contributed by atoms with Crippen molar-refractivity contribution in [3.05, 3.63) is 59.0 Å². The SMILES string of the molecule is CCNC(=NCC(C)(O)c1ccco1)NCC(c1cccc(Cl)c1)N1CCOCC1. The van der Waals surface area contributed by atoms with Crippen LogP contribution < -0.4 is 10.6 Å². The third kappa shape index (κ3) is 6.22. The molecule has 7 nitrogen and oxygen atoms in total. The lowest BCUT2D eigenvalue weighted by Gasteiger charge is -2.35. The van der Waals surface area contributed by atoms with Crippen LogP contribution in [-0.4, -0.2) is 61.9 Å². The van der Waals surface area contributed by atoms with E-state index < -0.39 is 5.60 Å². The number of ether oxygens (including phenoxy) is 1. The summed E-state index contributed by atoms with van der Waals surface area (Å²) in [7, 11) is 0. The second kappa shape index (κ2) is 10.8. The van der Waals surface area contributed by atoms with Gasteiger partial charge in [0.05, 0.1) is 32.1 Å². The van der Waals surface area contributed by atoms with Crippen molar-refractivity contribution in [2.45, 2.75) is 25.5 Å². The van der Waals surface area contributed by atoms with E-state index in [1.807, 2.05) is 25.1 Å². The van der Waals surface area contributed by atoms with Crippen LogP contribution in [0.15, 0.2) is 52.1 Å². The molecular weight excluding hydrogens is 404 g/mol. The Kier molecular flexibility index (Phi) is 8.16. The molecule has 2 aromatic rings. The van der Waals surface area contributed by atoms with Crippen LogP contribution in [0.5, 0.6) is 0 Å². The molecular formula is C22H31ClN4O3. The summed E-state index contributed by atoms with van der Waals surface area (Å²) in [5.74, 6) is 1.14. The Hall–Kier alpha value is -2.06. The molecule has 0 spiro atoms. The molecule has 30 heavy (non-hydrogen) atoms. The number of guanidine groups is 1. The van der Waals surface area contributed by atoms with Crippen LogP contribution in [0.25, 0.3) is 0 Å². The molecule has 1 aliphatic heterocycles. The molecule has 1 fully saturated rings. The minimum Gasteiger partial charge on any atom is -0.466 e. The van der Waals surface area contributed by atoms with Gasteiger partial charge in [0.15, 0.2) is 5.96 Å². The maximum absolute atomic E-state index is 10.7. The molecule has 1 aromatic carbocycles. The minimum atomic E-state index is -1.18. The summed E-state index contributed by atoms with van der Waals surface area (Å²) in [4.78, 5) is 6.98. The van der Waals surface area contributed by atoms with Crippen LogP contribution >= 0.6 is 11.6 Å². The number of aliphatic imine (C=N–C) groups is 1. The lowest BCUT2D eigenvalue weighted by atomic mass is 10.0. The van der Waals surface area contributed by atoms with Gasteiger partial charge in [0.25, 0.3) is 0 Å². The van der Waals surface area contributed by atoms with E-state index in [1.165, 1.54) is 0 Å². The second-order valence-electron chi connectivity index (χ2n) is 7.55. The van der Waals surface area contributed by atoms with Crippen LogP contribution in [0.1, 0.15) is 31.2 Å². The number of morpholine rings is 1. The minimum absolute atomic E-state index is 0.127. The number of nitrogens with one attached hydrogen (secondary N) is 2. The third-order valence-electron chi connectivity index (χ3n) is 5.12. The molecule has 2 atom stereocenters. The van der Waals surface area contributed by atoms with E-state index in [9.17, 15) is 5.11 Å². The van der Waals surface area contributed by atoms with Crippen molar-refractivity contribution in [3.8, 4) is 0 Å². The average molecular weight is 435 g/mol. The first-order valence-corrected chi connectivity index (χ1v) is 10.7. The van der Waals surface area contributed by atoms with E-state index in [4.69, 9.17) is 20.8 Å². The molecule has 2 heterocycles. The smallest absolute Gasteiger partial charge is 0.191 e. The summed E-state index contributed by atoms with van der Waals surface area (Å²) in [6, 6.07) is 11.6. The fourth-order valence-corrected chi connectivity index (χ4v) is 3.69. The van der Waals surface area contributed by atoms with Gasteiger partial charge >= 0.3 is 0 Å². The number of rotatable bonds is 8. The van der Waals surface area contributed by atoms with Gasteiger partial charge in [-0.05, 0) is 43.7 Å². The van der Waals surface area contributed by atoms with Crippen molar-refractivity contribution >= 4 is 17.6 Å². The number of nitrogens with zero attached hydrogens (tertiary/aromatic N) is 2. The van der Waals surface area contributed by atoms with Crippen molar-refractivity contribution in [3.63, 3.8) is 0 Å². The number of benzene rings is 1. The van der Waals surface area contributed by atoms with Gasteiger partial charge in [-0.25, -0.2) is 4.99 Å². The first-order chi connectivity index (χ1) is 14.5. The molecule has 2 unspecified atom stereocenters. The molecule has 8 heteroatoms. The lowest BCUT2D eigenvalue weighted by molar-refractivity contribution is 0.0169. The molecule has 0 radical (unpaired) electrons. The number of hydrogen-bond acceptors (Lipinski definition) is 5. The Morgan fingerprint density at radius 2 is 2.07 bits per heavy atom. The summed E-state index contributed by atoms with van der Waals surface area (Å²) < 4.78 is 10.9. The number of furan rings is 1. The Labute approximate surface area is 183 Å². The molecule has 1 aromatic heterocycles. The van der Waals surface area contributed by atoms with Gasteiger partial charge in [-0.3, -0.25) is 4.90 Å². The standard InChI is InChI=1S/C22H31ClN4O3/c1-3-24-21(26-16-22(2,28)20-8-5-11-30-20)25-15-19(27-9-12-29-13-10-27)17-6-4-7-18(23)14-17/h4-8,11,14,19,28H,3,9-10,12-13,15-16H2,1-2H3,(H2,24,25,26). The van der Waals surface area contributed by atoms with Crippen LogP contribution in [0, 0.1) is 0 Å². The predicted octanol–water partition coefficient (Wildman–Crippen LogP) is 2.77. The van der Waals surface area contributed by atoms with Crippen LogP contribution in [0.3, 0.4) is 0 Å².